The normalized spacial score (nSPS) is 16.9. The van der Waals surface area contributed by atoms with Crippen LogP contribution in [0.1, 0.15) is 12.5 Å². The summed E-state index contributed by atoms with van der Waals surface area (Å²) in [4.78, 5) is 4.38. The number of nitrogens with zero attached hydrogens (tertiary/aromatic N) is 2. The van der Waals surface area contributed by atoms with Crippen molar-refractivity contribution in [2.45, 2.75) is 19.6 Å². The standard InChI is InChI=1S/C21H25N3O3S/c1-3-24-13-16(27-18-7-5-4-6-17(18)24)12-23(2)21(28)22-11-15-8-9-19-20(10-15)26-14-25-19/h4-10,16H,3,11-14H2,1-2H3,(H,22,28)/t16-/m0/s1. The molecular weight excluding hydrogens is 374 g/mol. The third-order valence-electron chi connectivity index (χ3n) is 5.01. The first-order chi connectivity index (χ1) is 13.6. The topological polar surface area (TPSA) is 46.2 Å². The van der Waals surface area contributed by atoms with Crippen LogP contribution in [0.2, 0.25) is 0 Å². The zero-order chi connectivity index (χ0) is 19.5. The maximum absolute atomic E-state index is 6.20. The highest BCUT2D eigenvalue weighted by molar-refractivity contribution is 7.80. The molecule has 2 aliphatic rings. The highest BCUT2D eigenvalue weighted by Gasteiger charge is 2.26. The van der Waals surface area contributed by atoms with Gasteiger partial charge >= 0.3 is 0 Å². The lowest BCUT2D eigenvalue weighted by Gasteiger charge is -2.37. The molecule has 0 unspecified atom stereocenters. The molecule has 2 aromatic carbocycles. The molecule has 0 spiro atoms. The van der Waals surface area contributed by atoms with Crippen molar-refractivity contribution in [3.8, 4) is 17.2 Å². The van der Waals surface area contributed by atoms with Crippen molar-refractivity contribution in [3.05, 3.63) is 48.0 Å². The molecule has 0 aliphatic carbocycles. The minimum absolute atomic E-state index is 0.0603. The SMILES string of the molecule is CCN1C[C@H](CN(C)C(=S)NCc2ccc3c(c2)OCO3)Oc2ccccc21. The lowest BCUT2D eigenvalue weighted by atomic mass is 10.2. The smallest absolute Gasteiger partial charge is 0.231 e. The molecule has 2 heterocycles. The highest BCUT2D eigenvalue weighted by Crippen LogP contribution is 2.33. The van der Waals surface area contributed by atoms with Gasteiger partial charge in [-0.2, -0.15) is 0 Å². The maximum atomic E-state index is 6.20. The number of likely N-dealkylation sites (N-methyl/N-ethyl adjacent to an activating group) is 2. The first-order valence-corrected chi connectivity index (χ1v) is 9.93. The predicted octanol–water partition coefficient (Wildman–Crippen LogP) is 3.01. The summed E-state index contributed by atoms with van der Waals surface area (Å²) in [6, 6.07) is 14.1. The van der Waals surface area contributed by atoms with E-state index in [0.29, 0.717) is 11.7 Å². The largest absolute Gasteiger partial charge is 0.485 e. The number of benzene rings is 2. The molecule has 0 bridgehead atoms. The van der Waals surface area contributed by atoms with Gasteiger partial charge in [0.25, 0.3) is 0 Å². The summed E-state index contributed by atoms with van der Waals surface area (Å²) in [6.07, 6.45) is 0.0603. The van der Waals surface area contributed by atoms with Crippen molar-refractivity contribution in [3.63, 3.8) is 0 Å². The van der Waals surface area contributed by atoms with E-state index in [1.165, 1.54) is 0 Å². The number of para-hydroxylation sites is 2. The Morgan fingerprint density at radius 1 is 1.18 bits per heavy atom. The molecule has 0 radical (unpaired) electrons. The van der Waals surface area contributed by atoms with Gasteiger partial charge in [0, 0.05) is 20.1 Å². The monoisotopic (exact) mass is 399 g/mol. The molecular formula is C21H25N3O3S. The highest BCUT2D eigenvalue weighted by atomic mass is 32.1. The second-order valence-electron chi connectivity index (χ2n) is 6.97. The second kappa shape index (κ2) is 8.14. The number of ether oxygens (including phenoxy) is 3. The van der Waals surface area contributed by atoms with E-state index in [0.717, 1.165) is 48.1 Å². The van der Waals surface area contributed by atoms with E-state index >= 15 is 0 Å². The van der Waals surface area contributed by atoms with Crippen LogP contribution in [-0.4, -0.2) is 49.6 Å². The van der Waals surface area contributed by atoms with Crippen LogP contribution in [-0.2, 0) is 6.54 Å². The molecule has 0 saturated heterocycles. The van der Waals surface area contributed by atoms with Crippen molar-refractivity contribution < 1.29 is 14.2 Å². The zero-order valence-corrected chi connectivity index (χ0v) is 17.0. The Balaban J connectivity index is 1.32. The number of rotatable bonds is 5. The summed E-state index contributed by atoms with van der Waals surface area (Å²) in [5.74, 6) is 2.51. The summed E-state index contributed by atoms with van der Waals surface area (Å²) < 4.78 is 17.0. The molecule has 0 saturated carbocycles. The van der Waals surface area contributed by atoms with E-state index in [-0.39, 0.29) is 12.9 Å². The molecule has 2 aromatic rings. The average molecular weight is 400 g/mol. The summed E-state index contributed by atoms with van der Waals surface area (Å²) in [5.41, 5.74) is 2.26. The fourth-order valence-corrected chi connectivity index (χ4v) is 3.67. The van der Waals surface area contributed by atoms with Gasteiger partial charge in [-0.25, -0.2) is 0 Å². The lowest BCUT2D eigenvalue weighted by Crippen LogP contribution is -2.48. The summed E-state index contributed by atoms with van der Waals surface area (Å²) in [5, 5.41) is 4.01. The van der Waals surface area contributed by atoms with Crippen molar-refractivity contribution in [2.75, 3.05) is 38.4 Å². The van der Waals surface area contributed by atoms with Crippen molar-refractivity contribution in [2.24, 2.45) is 0 Å². The Morgan fingerprint density at radius 2 is 2.00 bits per heavy atom. The molecule has 148 valence electrons. The first-order valence-electron chi connectivity index (χ1n) is 9.52. The minimum atomic E-state index is 0.0603. The van der Waals surface area contributed by atoms with Crippen molar-refractivity contribution in [1.82, 2.24) is 10.2 Å². The summed E-state index contributed by atoms with van der Waals surface area (Å²) >= 11 is 5.57. The Labute approximate surface area is 171 Å². The number of hydrogen-bond donors (Lipinski definition) is 1. The van der Waals surface area contributed by atoms with Crippen LogP contribution in [0.15, 0.2) is 42.5 Å². The number of fused-ring (bicyclic) bond motifs is 2. The van der Waals surface area contributed by atoms with E-state index in [1.807, 2.05) is 48.3 Å². The van der Waals surface area contributed by atoms with Crippen molar-refractivity contribution >= 4 is 23.0 Å². The van der Waals surface area contributed by atoms with Gasteiger partial charge in [0.15, 0.2) is 16.6 Å². The first kappa shape index (κ1) is 18.7. The van der Waals surface area contributed by atoms with Gasteiger partial charge in [0.05, 0.1) is 18.8 Å². The van der Waals surface area contributed by atoms with Gasteiger partial charge in [-0.3, -0.25) is 0 Å². The number of nitrogens with one attached hydrogen (secondary N) is 1. The second-order valence-corrected chi connectivity index (χ2v) is 7.36. The van der Waals surface area contributed by atoms with Gasteiger partial charge in [-0.1, -0.05) is 18.2 Å². The summed E-state index contributed by atoms with van der Waals surface area (Å²) in [6.45, 7) is 5.61. The Bertz CT molecular complexity index is 861. The maximum Gasteiger partial charge on any atom is 0.231 e. The van der Waals surface area contributed by atoms with Crippen LogP contribution in [0.5, 0.6) is 17.2 Å². The Hall–Kier alpha value is -2.67. The van der Waals surface area contributed by atoms with Crippen LogP contribution in [0, 0.1) is 0 Å². The molecule has 7 heteroatoms. The minimum Gasteiger partial charge on any atom is -0.485 e. The molecule has 4 rings (SSSR count). The Kier molecular flexibility index (Phi) is 5.43. The lowest BCUT2D eigenvalue weighted by molar-refractivity contribution is 0.168. The average Bonchev–Trinajstić information content (AvgIpc) is 3.19. The number of anilines is 1. The van der Waals surface area contributed by atoms with Gasteiger partial charge in [0.1, 0.15) is 11.9 Å². The van der Waals surface area contributed by atoms with E-state index in [4.69, 9.17) is 26.4 Å². The van der Waals surface area contributed by atoms with Gasteiger partial charge < -0.3 is 29.3 Å². The van der Waals surface area contributed by atoms with Gasteiger partial charge in [0.2, 0.25) is 6.79 Å². The fraction of sp³-hybridized carbons (Fsp3) is 0.381. The number of thiocarbonyl (C=S) groups is 1. The molecule has 1 N–H and O–H groups in total. The van der Waals surface area contributed by atoms with E-state index in [2.05, 4.69) is 23.2 Å². The van der Waals surface area contributed by atoms with Crippen LogP contribution in [0.3, 0.4) is 0 Å². The Morgan fingerprint density at radius 3 is 2.86 bits per heavy atom. The van der Waals surface area contributed by atoms with E-state index in [1.54, 1.807) is 0 Å². The van der Waals surface area contributed by atoms with Crippen LogP contribution in [0.4, 0.5) is 5.69 Å². The third kappa shape index (κ3) is 3.94. The molecule has 28 heavy (non-hydrogen) atoms. The van der Waals surface area contributed by atoms with Crippen molar-refractivity contribution in [1.29, 1.82) is 0 Å². The van der Waals surface area contributed by atoms with E-state index in [9.17, 15) is 0 Å². The van der Waals surface area contributed by atoms with Gasteiger partial charge in [-0.05, 0) is 49.0 Å². The predicted molar refractivity (Wildman–Crippen MR) is 113 cm³/mol. The van der Waals surface area contributed by atoms with E-state index < -0.39 is 0 Å². The molecule has 0 aromatic heterocycles. The quantitative estimate of drug-likeness (QED) is 0.776. The third-order valence-corrected chi connectivity index (χ3v) is 5.47. The molecule has 1 atom stereocenters. The zero-order valence-electron chi connectivity index (χ0n) is 16.2. The van der Waals surface area contributed by atoms with Crippen LogP contribution >= 0.6 is 12.2 Å². The molecule has 6 nitrogen and oxygen atoms in total. The fourth-order valence-electron chi connectivity index (χ4n) is 3.53. The number of hydrogen-bond acceptors (Lipinski definition) is 5. The summed E-state index contributed by atoms with van der Waals surface area (Å²) in [7, 11) is 2.00. The van der Waals surface area contributed by atoms with Crippen LogP contribution in [0.25, 0.3) is 0 Å². The van der Waals surface area contributed by atoms with Gasteiger partial charge in [-0.15, -0.1) is 0 Å². The molecule has 0 amide bonds. The van der Waals surface area contributed by atoms with Crippen LogP contribution < -0.4 is 24.4 Å². The molecule has 2 aliphatic heterocycles. The molecule has 0 fully saturated rings.